The van der Waals surface area contributed by atoms with Gasteiger partial charge in [0.25, 0.3) is 11.1 Å². The molecule has 1 aliphatic heterocycles. The number of rotatable bonds is 4. The largest absolute Gasteiger partial charge is 0.479 e. The first kappa shape index (κ1) is 15.9. The van der Waals surface area contributed by atoms with E-state index in [0.29, 0.717) is 29.7 Å². The zero-order chi connectivity index (χ0) is 17.6. The molecule has 1 aliphatic rings. The predicted molar refractivity (Wildman–Crippen MR) is 94.4 cm³/mol. The van der Waals surface area contributed by atoms with E-state index in [0.717, 1.165) is 15.8 Å². The van der Waals surface area contributed by atoms with Crippen LogP contribution in [0.5, 0.6) is 11.1 Å². The van der Waals surface area contributed by atoms with Crippen LogP contribution in [0.15, 0.2) is 24.4 Å². The number of hydrogen-bond acceptors (Lipinski definition) is 6. The second-order valence-corrected chi connectivity index (χ2v) is 7.07. The zero-order valence-corrected chi connectivity index (χ0v) is 15.0. The van der Waals surface area contributed by atoms with Gasteiger partial charge in [0.2, 0.25) is 5.88 Å². The topological polar surface area (TPSA) is 69.5 Å². The summed E-state index contributed by atoms with van der Waals surface area (Å²) in [5.41, 5.74) is 2.59. The summed E-state index contributed by atoms with van der Waals surface area (Å²) in [7, 11) is 3.27. The minimum atomic E-state index is -0.0926. The van der Waals surface area contributed by atoms with E-state index in [-0.39, 0.29) is 12.0 Å². The number of thiazole rings is 1. The minimum Gasteiger partial charge on any atom is -0.479 e. The van der Waals surface area contributed by atoms with Crippen molar-refractivity contribution in [2.24, 2.45) is 7.05 Å². The SMILES string of the molecule is COc1nn(C)cc1C(=O)N1CC(Oc2nc3c(C)cccc3s2)C1. The summed E-state index contributed by atoms with van der Waals surface area (Å²) in [5, 5.41) is 4.77. The summed E-state index contributed by atoms with van der Waals surface area (Å²) in [5.74, 6) is 0.253. The van der Waals surface area contributed by atoms with Crippen molar-refractivity contribution in [3.63, 3.8) is 0 Å². The standard InChI is InChI=1S/C17H18N4O3S/c1-10-5-4-6-13-14(10)18-17(25-13)24-11-7-21(8-11)16(22)12-9-20(2)19-15(12)23-3/h4-6,9,11H,7-8H2,1-3H3. The predicted octanol–water partition coefficient (Wildman–Crippen LogP) is 2.25. The lowest BCUT2D eigenvalue weighted by Crippen LogP contribution is -2.56. The third kappa shape index (κ3) is 2.82. The van der Waals surface area contributed by atoms with Gasteiger partial charge in [-0.05, 0) is 18.6 Å². The van der Waals surface area contributed by atoms with Gasteiger partial charge in [-0.1, -0.05) is 23.5 Å². The van der Waals surface area contributed by atoms with E-state index >= 15 is 0 Å². The van der Waals surface area contributed by atoms with Crippen molar-refractivity contribution >= 4 is 27.5 Å². The van der Waals surface area contributed by atoms with Gasteiger partial charge >= 0.3 is 0 Å². The molecule has 3 heterocycles. The van der Waals surface area contributed by atoms with Crippen LogP contribution in [0, 0.1) is 6.92 Å². The van der Waals surface area contributed by atoms with Crippen molar-refractivity contribution < 1.29 is 14.3 Å². The Kier molecular flexibility index (Phi) is 3.84. The van der Waals surface area contributed by atoms with Crippen LogP contribution in [-0.2, 0) is 7.05 Å². The van der Waals surface area contributed by atoms with Crippen LogP contribution < -0.4 is 9.47 Å². The first-order valence-corrected chi connectivity index (χ1v) is 8.76. The Balaban J connectivity index is 1.41. The summed E-state index contributed by atoms with van der Waals surface area (Å²) in [6, 6.07) is 6.10. The third-order valence-electron chi connectivity index (χ3n) is 4.22. The molecule has 0 spiro atoms. The van der Waals surface area contributed by atoms with Crippen LogP contribution in [0.25, 0.3) is 10.2 Å². The van der Waals surface area contributed by atoms with E-state index in [4.69, 9.17) is 9.47 Å². The van der Waals surface area contributed by atoms with Crippen molar-refractivity contribution in [3.05, 3.63) is 35.5 Å². The number of aryl methyl sites for hydroxylation is 2. The lowest BCUT2D eigenvalue weighted by atomic mass is 10.1. The highest BCUT2D eigenvalue weighted by Gasteiger charge is 2.35. The van der Waals surface area contributed by atoms with E-state index in [1.807, 2.05) is 25.1 Å². The molecule has 0 atom stereocenters. The summed E-state index contributed by atoms with van der Waals surface area (Å²) in [4.78, 5) is 18.8. The lowest BCUT2D eigenvalue weighted by Gasteiger charge is -2.38. The average molecular weight is 358 g/mol. The molecule has 0 radical (unpaired) electrons. The molecular weight excluding hydrogens is 340 g/mol. The molecule has 3 aromatic rings. The summed E-state index contributed by atoms with van der Waals surface area (Å²) >= 11 is 1.53. The summed E-state index contributed by atoms with van der Waals surface area (Å²) < 4.78 is 13.8. The van der Waals surface area contributed by atoms with Crippen molar-refractivity contribution in [1.29, 1.82) is 0 Å². The van der Waals surface area contributed by atoms with Gasteiger partial charge < -0.3 is 14.4 Å². The van der Waals surface area contributed by atoms with Crippen molar-refractivity contribution in [2.45, 2.75) is 13.0 Å². The van der Waals surface area contributed by atoms with Crippen LogP contribution in [0.4, 0.5) is 0 Å². The fourth-order valence-electron chi connectivity index (χ4n) is 2.87. The van der Waals surface area contributed by atoms with E-state index in [2.05, 4.69) is 10.1 Å². The van der Waals surface area contributed by atoms with Crippen molar-refractivity contribution in [1.82, 2.24) is 19.7 Å². The second-order valence-electron chi connectivity index (χ2n) is 6.08. The van der Waals surface area contributed by atoms with Gasteiger partial charge in [-0.25, -0.2) is 4.98 Å². The highest BCUT2D eigenvalue weighted by molar-refractivity contribution is 7.20. The molecule has 25 heavy (non-hydrogen) atoms. The molecule has 0 aliphatic carbocycles. The first-order valence-electron chi connectivity index (χ1n) is 7.95. The number of ether oxygens (including phenoxy) is 2. The molecule has 0 unspecified atom stereocenters. The molecule has 7 nitrogen and oxygen atoms in total. The fraction of sp³-hybridized carbons (Fsp3) is 0.353. The average Bonchev–Trinajstić information content (AvgIpc) is 3.13. The van der Waals surface area contributed by atoms with Crippen molar-refractivity contribution in [2.75, 3.05) is 20.2 Å². The fourth-order valence-corrected chi connectivity index (χ4v) is 3.83. The number of benzene rings is 1. The van der Waals surface area contributed by atoms with Crippen LogP contribution in [-0.4, -0.2) is 51.9 Å². The first-order chi connectivity index (χ1) is 12.0. The van der Waals surface area contributed by atoms with E-state index in [9.17, 15) is 4.79 Å². The maximum atomic E-state index is 12.5. The van der Waals surface area contributed by atoms with Gasteiger partial charge in [0.1, 0.15) is 11.7 Å². The second kappa shape index (κ2) is 6.03. The quantitative estimate of drug-likeness (QED) is 0.715. The normalized spacial score (nSPS) is 14.6. The number of fused-ring (bicyclic) bond motifs is 1. The van der Waals surface area contributed by atoms with Crippen LogP contribution in [0.3, 0.4) is 0 Å². The number of nitrogens with zero attached hydrogens (tertiary/aromatic N) is 4. The van der Waals surface area contributed by atoms with E-state index in [1.165, 1.54) is 18.4 Å². The number of hydrogen-bond donors (Lipinski definition) is 0. The maximum Gasteiger partial charge on any atom is 0.274 e. The number of para-hydroxylation sites is 1. The molecule has 0 N–H and O–H groups in total. The Morgan fingerprint density at radius 2 is 2.16 bits per heavy atom. The van der Waals surface area contributed by atoms with E-state index in [1.54, 1.807) is 22.8 Å². The Labute approximate surface area is 148 Å². The molecule has 4 rings (SSSR count). The van der Waals surface area contributed by atoms with Gasteiger partial charge in [-0.3, -0.25) is 9.48 Å². The summed E-state index contributed by atoms with van der Waals surface area (Å²) in [6.07, 6.45) is 1.64. The van der Waals surface area contributed by atoms with Crippen LogP contribution >= 0.6 is 11.3 Å². The highest BCUT2D eigenvalue weighted by atomic mass is 32.1. The van der Waals surface area contributed by atoms with Gasteiger partial charge in [-0.15, -0.1) is 5.10 Å². The minimum absolute atomic E-state index is 0.0347. The molecule has 0 saturated carbocycles. The van der Waals surface area contributed by atoms with Gasteiger partial charge in [-0.2, -0.15) is 0 Å². The molecule has 130 valence electrons. The van der Waals surface area contributed by atoms with Crippen LogP contribution in [0.1, 0.15) is 15.9 Å². The van der Waals surface area contributed by atoms with Gasteiger partial charge in [0.05, 0.1) is 30.4 Å². The number of aromatic nitrogens is 3. The monoisotopic (exact) mass is 358 g/mol. The van der Waals surface area contributed by atoms with Crippen LogP contribution in [0.2, 0.25) is 0 Å². The Morgan fingerprint density at radius 1 is 1.36 bits per heavy atom. The Morgan fingerprint density at radius 3 is 2.88 bits per heavy atom. The van der Waals surface area contributed by atoms with Crippen molar-refractivity contribution in [3.8, 4) is 11.1 Å². The zero-order valence-electron chi connectivity index (χ0n) is 14.2. The maximum absolute atomic E-state index is 12.5. The molecule has 8 heteroatoms. The molecule has 0 bridgehead atoms. The smallest absolute Gasteiger partial charge is 0.274 e. The highest BCUT2D eigenvalue weighted by Crippen LogP contribution is 2.31. The number of amides is 1. The third-order valence-corrected chi connectivity index (χ3v) is 5.13. The van der Waals surface area contributed by atoms with Gasteiger partial charge in [0.15, 0.2) is 0 Å². The molecule has 1 fully saturated rings. The Bertz CT molecular complexity index is 943. The molecule has 1 amide bonds. The number of carbonyl (C=O) groups is 1. The number of likely N-dealkylation sites (tertiary alicyclic amines) is 1. The number of methoxy groups -OCH3 is 1. The summed E-state index contributed by atoms with van der Waals surface area (Å²) in [6.45, 7) is 3.11. The lowest BCUT2D eigenvalue weighted by molar-refractivity contribution is 0.0175. The number of carbonyl (C=O) groups excluding carboxylic acids is 1. The van der Waals surface area contributed by atoms with Gasteiger partial charge in [0, 0.05) is 13.2 Å². The van der Waals surface area contributed by atoms with E-state index < -0.39 is 0 Å². The molecule has 2 aromatic heterocycles. The molecular formula is C17H18N4O3S. The molecule has 1 saturated heterocycles. The molecule has 1 aromatic carbocycles. The Hall–Kier alpha value is -2.61.